The fraction of sp³-hybridized carbons (Fsp3) is 0.312. The Morgan fingerprint density at radius 1 is 1.17 bits per heavy atom. The third kappa shape index (κ3) is 7.83. The van der Waals surface area contributed by atoms with Crippen molar-refractivity contribution in [2.75, 3.05) is 13.2 Å². The van der Waals surface area contributed by atoms with E-state index in [9.17, 15) is 14.4 Å². The van der Waals surface area contributed by atoms with Crippen molar-refractivity contribution in [1.29, 1.82) is 0 Å². The molecule has 0 radical (unpaired) electrons. The minimum atomic E-state index is -1.23. The summed E-state index contributed by atoms with van der Waals surface area (Å²) in [6.07, 6.45) is -0.144. The van der Waals surface area contributed by atoms with Crippen molar-refractivity contribution in [3.63, 3.8) is 0 Å². The molecule has 8 nitrogen and oxygen atoms in total. The van der Waals surface area contributed by atoms with Gasteiger partial charge in [0.05, 0.1) is 0 Å². The smallest absolute Gasteiger partial charge is 0.408 e. The standard InChI is InChI=1S/C16H20N2O6/c1-2-10-23-15(21)17-9-8-13(14(19)20)18-16(22)24-11-12-6-4-3-5-7-12/h2-7,13H,1,8-11H2,(H,17,21)(H,18,22)(H,19,20)/t13-/m0/s1. The SMILES string of the molecule is C=CCOC(=O)NCC[C@H](NC(=O)OCc1ccccc1)C(=O)O. The number of alkyl carbamates (subject to hydrolysis) is 2. The second-order valence-electron chi connectivity index (χ2n) is 4.70. The molecule has 0 fully saturated rings. The molecule has 1 aromatic carbocycles. The number of carbonyl (C=O) groups is 3. The molecule has 1 rings (SSSR count). The summed E-state index contributed by atoms with van der Waals surface area (Å²) in [5.74, 6) is -1.23. The Kier molecular flexibility index (Phi) is 8.44. The van der Waals surface area contributed by atoms with Crippen molar-refractivity contribution in [3.05, 3.63) is 48.6 Å². The van der Waals surface area contributed by atoms with E-state index in [0.717, 1.165) is 5.56 Å². The number of aliphatic carboxylic acids is 1. The lowest BCUT2D eigenvalue weighted by Crippen LogP contribution is -2.43. The highest BCUT2D eigenvalue weighted by Crippen LogP contribution is 2.01. The third-order valence-corrected chi connectivity index (χ3v) is 2.84. The van der Waals surface area contributed by atoms with Crippen LogP contribution in [-0.4, -0.2) is 42.5 Å². The van der Waals surface area contributed by atoms with Gasteiger partial charge < -0.3 is 25.2 Å². The molecule has 1 atom stereocenters. The van der Waals surface area contributed by atoms with Crippen LogP contribution in [0.3, 0.4) is 0 Å². The van der Waals surface area contributed by atoms with Crippen LogP contribution in [-0.2, 0) is 20.9 Å². The van der Waals surface area contributed by atoms with E-state index in [-0.39, 0.29) is 26.2 Å². The zero-order valence-electron chi connectivity index (χ0n) is 13.1. The summed E-state index contributed by atoms with van der Waals surface area (Å²) >= 11 is 0. The first-order chi connectivity index (χ1) is 11.5. The Bertz CT molecular complexity index is 561. The van der Waals surface area contributed by atoms with Crippen LogP contribution < -0.4 is 10.6 Å². The van der Waals surface area contributed by atoms with E-state index in [4.69, 9.17) is 9.84 Å². The average molecular weight is 336 g/mol. The van der Waals surface area contributed by atoms with Crippen LogP contribution in [0.4, 0.5) is 9.59 Å². The van der Waals surface area contributed by atoms with Crippen molar-refractivity contribution >= 4 is 18.2 Å². The van der Waals surface area contributed by atoms with Gasteiger partial charge in [-0.1, -0.05) is 43.0 Å². The molecule has 0 bridgehead atoms. The average Bonchev–Trinajstić information content (AvgIpc) is 2.58. The Balaban J connectivity index is 2.34. The minimum absolute atomic E-state index is 0.0149. The van der Waals surface area contributed by atoms with Gasteiger partial charge >= 0.3 is 18.2 Å². The quantitative estimate of drug-likeness (QED) is 0.591. The van der Waals surface area contributed by atoms with Crippen LogP contribution >= 0.6 is 0 Å². The van der Waals surface area contributed by atoms with Crippen molar-refractivity contribution in [3.8, 4) is 0 Å². The lowest BCUT2D eigenvalue weighted by atomic mass is 10.2. The Hall–Kier alpha value is -3.03. The van der Waals surface area contributed by atoms with Gasteiger partial charge in [0.15, 0.2) is 0 Å². The number of amides is 2. The number of ether oxygens (including phenoxy) is 2. The summed E-state index contributed by atoms with van der Waals surface area (Å²) in [5, 5.41) is 13.7. The van der Waals surface area contributed by atoms with Gasteiger partial charge in [-0.05, 0) is 12.0 Å². The summed E-state index contributed by atoms with van der Waals surface area (Å²) in [4.78, 5) is 34.0. The molecule has 8 heteroatoms. The minimum Gasteiger partial charge on any atom is -0.480 e. The summed E-state index contributed by atoms with van der Waals surface area (Å²) in [7, 11) is 0. The van der Waals surface area contributed by atoms with Gasteiger partial charge in [-0.2, -0.15) is 0 Å². The molecular weight excluding hydrogens is 316 g/mol. The van der Waals surface area contributed by atoms with Gasteiger partial charge in [0, 0.05) is 6.54 Å². The third-order valence-electron chi connectivity index (χ3n) is 2.84. The van der Waals surface area contributed by atoms with Gasteiger partial charge in [-0.3, -0.25) is 0 Å². The van der Waals surface area contributed by atoms with Crippen molar-refractivity contribution in [2.45, 2.75) is 19.1 Å². The van der Waals surface area contributed by atoms with Gasteiger partial charge in [-0.25, -0.2) is 14.4 Å². The van der Waals surface area contributed by atoms with Gasteiger partial charge in [0.2, 0.25) is 0 Å². The second kappa shape index (κ2) is 10.7. The van der Waals surface area contributed by atoms with E-state index in [1.54, 1.807) is 24.3 Å². The van der Waals surface area contributed by atoms with Crippen LogP contribution in [0.2, 0.25) is 0 Å². The largest absolute Gasteiger partial charge is 0.480 e. The lowest BCUT2D eigenvalue weighted by molar-refractivity contribution is -0.139. The molecule has 0 aliphatic carbocycles. The normalized spacial score (nSPS) is 11.0. The summed E-state index contributed by atoms with van der Waals surface area (Å²) in [5.41, 5.74) is 0.783. The molecule has 24 heavy (non-hydrogen) atoms. The van der Waals surface area contributed by atoms with Gasteiger partial charge in [0.25, 0.3) is 0 Å². The maximum Gasteiger partial charge on any atom is 0.408 e. The van der Waals surface area contributed by atoms with E-state index in [2.05, 4.69) is 21.9 Å². The molecule has 3 N–H and O–H groups in total. The van der Waals surface area contributed by atoms with E-state index in [1.165, 1.54) is 6.08 Å². The fourth-order valence-corrected chi connectivity index (χ4v) is 1.67. The number of carbonyl (C=O) groups excluding carboxylic acids is 2. The zero-order chi connectivity index (χ0) is 17.8. The van der Waals surface area contributed by atoms with Crippen molar-refractivity contribution in [2.24, 2.45) is 0 Å². The molecule has 0 aromatic heterocycles. The Labute approximate surface area is 139 Å². The molecule has 130 valence electrons. The molecule has 0 aliphatic rings. The Morgan fingerprint density at radius 3 is 2.50 bits per heavy atom. The molecular formula is C16H20N2O6. The monoisotopic (exact) mass is 336 g/mol. The summed E-state index contributed by atoms with van der Waals surface area (Å²) in [6, 6.07) is 7.80. The van der Waals surface area contributed by atoms with Crippen LogP contribution in [0, 0.1) is 0 Å². The molecule has 1 aromatic rings. The number of hydrogen-bond donors (Lipinski definition) is 3. The van der Waals surface area contributed by atoms with Crippen LogP contribution in [0.1, 0.15) is 12.0 Å². The van der Waals surface area contributed by atoms with E-state index in [1.807, 2.05) is 6.07 Å². The van der Waals surface area contributed by atoms with Crippen molar-refractivity contribution < 1.29 is 29.0 Å². The first kappa shape index (κ1) is 19.0. The maximum atomic E-state index is 11.6. The van der Waals surface area contributed by atoms with Gasteiger partial charge in [-0.15, -0.1) is 0 Å². The number of benzene rings is 1. The molecule has 0 aliphatic heterocycles. The highest BCUT2D eigenvalue weighted by atomic mass is 16.6. The van der Waals surface area contributed by atoms with E-state index < -0.39 is 24.2 Å². The molecule has 0 spiro atoms. The predicted octanol–water partition coefficient (Wildman–Crippen LogP) is 1.67. The number of hydrogen-bond acceptors (Lipinski definition) is 5. The number of nitrogens with one attached hydrogen (secondary N) is 2. The van der Waals surface area contributed by atoms with E-state index >= 15 is 0 Å². The predicted molar refractivity (Wildman–Crippen MR) is 85.4 cm³/mol. The summed E-state index contributed by atoms with van der Waals surface area (Å²) < 4.78 is 9.63. The first-order valence-corrected chi connectivity index (χ1v) is 7.24. The van der Waals surface area contributed by atoms with E-state index in [0.29, 0.717) is 0 Å². The highest BCUT2D eigenvalue weighted by Gasteiger charge is 2.20. The van der Waals surface area contributed by atoms with Crippen LogP contribution in [0.25, 0.3) is 0 Å². The highest BCUT2D eigenvalue weighted by molar-refractivity contribution is 5.80. The molecule has 0 saturated heterocycles. The maximum absolute atomic E-state index is 11.6. The van der Waals surface area contributed by atoms with Crippen molar-refractivity contribution in [1.82, 2.24) is 10.6 Å². The lowest BCUT2D eigenvalue weighted by Gasteiger charge is -2.15. The number of carboxylic acids is 1. The summed E-state index contributed by atoms with van der Waals surface area (Å²) in [6.45, 7) is 3.50. The molecule has 0 unspecified atom stereocenters. The topological polar surface area (TPSA) is 114 Å². The molecule has 2 amide bonds. The number of carboxylic acid groups (broad SMARTS) is 1. The van der Waals surface area contributed by atoms with Crippen LogP contribution in [0.5, 0.6) is 0 Å². The number of rotatable bonds is 9. The molecule has 0 saturated carbocycles. The first-order valence-electron chi connectivity index (χ1n) is 7.24. The second-order valence-corrected chi connectivity index (χ2v) is 4.70. The molecule has 0 heterocycles. The van der Waals surface area contributed by atoms with Crippen LogP contribution in [0.15, 0.2) is 43.0 Å². The Morgan fingerprint density at radius 2 is 1.88 bits per heavy atom. The fourth-order valence-electron chi connectivity index (χ4n) is 1.67. The zero-order valence-corrected chi connectivity index (χ0v) is 13.1. The van der Waals surface area contributed by atoms with Gasteiger partial charge in [0.1, 0.15) is 19.3 Å².